The van der Waals surface area contributed by atoms with Crippen molar-refractivity contribution in [2.75, 3.05) is 0 Å². The molecule has 0 saturated heterocycles. The molecule has 0 unspecified atom stereocenters. The first kappa shape index (κ1) is 10.6. The predicted molar refractivity (Wildman–Crippen MR) is 36.7 cm³/mol. The van der Waals surface area contributed by atoms with Gasteiger partial charge in [0.25, 0.3) is 5.97 Å². The molecule has 0 amide bonds. The van der Waals surface area contributed by atoms with E-state index in [-0.39, 0.29) is 8.80 Å². The van der Waals surface area contributed by atoms with Gasteiger partial charge in [-0.2, -0.15) is 0 Å². The van der Waals surface area contributed by atoms with Gasteiger partial charge in [-0.15, -0.1) is 0 Å². The summed E-state index contributed by atoms with van der Waals surface area (Å²) >= 11 is 0. The molecule has 0 aromatic rings. The van der Waals surface area contributed by atoms with Crippen LogP contribution in [0.15, 0.2) is 0 Å². The Morgan fingerprint density at radius 1 is 1.38 bits per heavy atom. The first-order valence-electron chi connectivity index (χ1n) is 2.43. The zero-order valence-corrected chi connectivity index (χ0v) is 6.86. The van der Waals surface area contributed by atoms with Crippen molar-refractivity contribution in [3.8, 4) is 0 Å². The van der Waals surface area contributed by atoms with Crippen molar-refractivity contribution in [1.29, 1.82) is 0 Å². The number of carboxylic acids is 1. The number of carboxylic acid groups (broad SMARTS) is 1. The fourth-order valence-corrected chi connectivity index (χ4v) is 0. The van der Waals surface area contributed by atoms with Crippen molar-refractivity contribution in [2.45, 2.75) is 26.6 Å². The van der Waals surface area contributed by atoms with Crippen LogP contribution in [0.1, 0.15) is 6.92 Å². The highest BCUT2D eigenvalue weighted by molar-refractivity contribution is 6.54. The summed E-state index contributed by atoms with van der Waals surface area (Å²) in [6.45, 7) is 7.89. The fraction of sp³-hybridized carbons (Fsp3) is 0.800. The van der Waals surface area contributed by atoms with Gasteiger partial charge in [0.15, 0.2) is 0 Å². The molecule has 0 spiro atoms. The Kier molecular flexibility index (Phi) is 8.88. The normalized spacial score (nSPS) is 7.62. The van der Waals surface area contributed by atoms with E-state index in [1.165, 1.54) is 0 Å². The van der Waals surface area contributed by atoms with E-state index >= 15 is 0 Å². The largest absolute Gasteiger partial charge is 0.481 e. The van der Waals surface area contributed by atoms with Crippen LogP contribution in [0.3, 0.4) is 0 Å². The standard InChI is InChI=1S/C3H9Si.C2H4O2/c1-4(2)3;1-2(3)4/h1-3H3;1H3,(H,3,4). The highest BCUT2D eigenvalue weighted by Crippen LogP contribution is 1.68. The van der Waals surface area contributed by atoms with Crippen molar-refractivity contribution in [3.05, 3.63) is 0 Å². The summed E-state index contributed by atoms with van der Waals surface area (Å²) in [5.74, 6) is -0.833. The smallest absolute Gasteiger partial charge is 0.300 e. The molecule has 0 fully saturated rings. The van der Waals surface area contributed by atoms with E-state index < -0.39 is 5.97 Å². The Morgan fingerprint density at radius 2 is 1.38 bits per heavy atom. The van der Waals surface area contributed by atoms with Crippen molar-refractivity contribution >= 4 is 14.8 Å². The third-order valence-corrected chi connectivity index (χ3v) is 0. The molecule has 0 aliphatic carbocycles. The van der Waals surface area contributed by atoms with Crippen LogP contribution in [-0.4, -0.2) is 19.9 Å². The van der Waals surface area contributed by atoms with E-state index in [0.717, 1.165) is 6.92 Å². The molecule has 3 heteroatoms. The van der Waals surface area contributed by atoms with Crippen LogP contribution in [-0.2, 0) is 4.79 Å². The Balaban J connectivity index is 0. The summed E-state index contributed by atoms with van der Waals surface area (Å²) in [7, 11) is 0.120. The maximum atomic E-state index is 9.00. The lowest BCUT2D eigenvalue weighted by Gasteiger charge is -1.75. The lowest BCUT2D eigenvalue weighted by atomic mass is 10.9. The molecule has 0 aliphatic heterocycles. The van der Waals surface area contributed by atoms with Gasteiger partial charge in [0.1, 0.15) is 0 Å². The molecule has 0 saturated carbocycles. The SMILES string of the molecule is CC(=O)O.C[Si](C)C. The molecule has 0 rings (SSSR count). The van der Waals surface area contributed by atoms with Crippen LogP contribution in [0.2, 0.25) is 19.6 Å². The molecule has 8 heavy (non-hydrogen) atoms. The molecule has 0 aliphatic rings. The minimum Gasteiger partial charge on any atom is -0.481 e. The van der Waals surface area contributed by atoms with E-state index in [9.17, 15) is 0 Å². The first-order valence-corrected chi connectivity index (χ1v) is 5.43. The lowest BCUT2D eigenvalue weighted by Crippen LogP contribution is -1.84. The quantitative estimate of drug-likeness (QED) is 0.508. The molecule has 1 radical (unpaired) electrons. The van der Waals surface area contributed by atoms with E-state index in [1.54, 1.807) is 0 Å². The molecular formula is C5H13O2Si. The van der Waals surface area contributed by atoms with Gasteiger partial charge in [-0.25, -0.2) is 0 Å². The van der Waals surface area contributed by atoms with Crippen LogP contribution in [0.5, 0.6) is 0 Å². The summed E-state index contributed by atoms with van der Waals surface area (Å²) in [5, 5.41) is 7.42. The zero-order chi connectivity index (χ0) is 7.15. The van der Waals surface area contributed by atoms with Gasteiger partial charge < -0.3 is 5.11 Å². The minimum absolute atomic E-state index is 0.120. The highest BCUT2D eigenvalue weighted by atomic mass is 28.3. The van der Waals surface area contributed by atoms with Gasteiger partial charge in [0, 0.05) is 15.7 Å². The minimum atomic E-state index is -0.833. The van der Waals surface area contributed by atoms with Crippen molar-refractivity contribution in [3.63, 3.8) is 0 Å². The summed E-state index contributed by atoms with van der Waals surface area (Å²) < 4.78 is 0. The van der Waals surface area contributed by atoms with Gasteiger partial charge in [0.05, 0.1) is 0 Å². The molecule has 0 aromatic heterocycles. The van der Waals surface area contributed by atoms with Crippen molar-refractivity contribution in [2.24, 2.45) is 0 Å². The van der Waals surface area contributed by atoms with Crippen LogP contribution in [0.4, 0.5) is 0 Å². The molecule has 0 heterocycles. The average molecular weight is 133 g/mol. The number of rotatable bonds is 0. The number of hydrogen-bond donors (Lipinski definition) is 1. The molecule has 49 valence electrons. The Morgan fingerprint density at radius 3 is 1.38 bits per heavy atom. The summed E-state index contributed by atoms with van der Waals surface area (Å²) in [6.07, 6.45) is 0. The van der Waals surface area contributed by atoms with Crippen LogP contribution >= 0.6 is 0 Å². The van der Waals surface area contributed by atoms with Crippen LogP contribution < -0.4 is 0 Å². The predicted octanol–water partition coefficient (Wildman–Crippen LogP) is 1.46. The van der Waals surface area contributed by atoms with Gasteiger partial charge in [-0.3, -0.25) is 4.79 Å². The van der Waals surface area contributed by atoms with Crippen molar-refractivity contribution in [1.82, 2.24) is 0 Å². The second-order valence-corrected chi connectivity index (χ2v) is 5.02. The van der Waals surface area contributed by atoms with E-state index in [0.29, 0.717) is 0 Å². The number of hydrogen-bond acceptors (Lipinski definition) is 1. The molecule has 2 nitrogen and oxygen atoms in total. The average Bonchev–Trinajstić information content (AvgIpc) is 1.25. The number of carbonyl (C=O) groups is 1. The molecular weight excluding hydrogens is 120 g/mol. The van der Waals surface area contributed by atoms with Crippen LogP contribution in [0.25, 0.3) is 0 Å². The molecule has 0 atom stereocenters. The second kappa shape index (κ2) is 6.69. The van der Waals surface area contributed by atoms with Gasteiger partial charge >= 0.3 is 0 Å². The monoisotopic (exact) mass is 133 g/mol. The highest BCUT2D eigenvalue weighted by Gasteiger charge is 1.72. The molecule has 1 N–H and O–H groups in total. The van der Waals surface area contributed by atoms with Gasteiger partial charge in [-0.05, 0) is 0 Å². The third kappa shape index (κ3) is 1270. The Bertz CT molecular complexity index is 54.7. The summed E-state index contributed by atoms with van der Waals surface area (Å²) in [6, 6.07) is 0. The Labute approximate surface area is 52.1 Å². The topological polar surface area (TPSA) is 37.3 Å². The summed E-state index contributed by atoms with van der Waals surface area (Å²) in [5.41, 5.74) is 0. The maximum Gasteiger partial charge on any atom is 0.300 e. The lowest BCUT2D eigenvalue weighted by molar-refractivity contribution is -0.134. The molecule has 0 bridgehead atoms. The maximum absolute atomic E-state index is 9.00. The van der Waals surface area contributed by atoms with E-state index in [4.69, 9.17) is 9.90 Å². The third-order valence-electron chi connectivity index (χ3n) is 0. The van der Waals surface area contributed by atoms with E-state index in [1.807, 2.05) is 0 Å². The fourth-order valence-electron chi connectivity index (χ4n) is 0. The molecule has 0 aromatic carbocycles. The van der Waals surface area contributed by atoms with E-state index in [2.05, 4.69) is 19.6 Å². The first-order chi connectivity index (χ1) is 3.46. The van der Waals surface area contributed by atoms with Gasteiger partial charge in [0.2, 0.25) is 0 Å². The Hall–Kier alpha value is -0.313. The van der Waals surface area contributed by atoms with Crippen LogP contribution in [0, 0.1) is 0 Å². The number of aliphatic carboxylic acids is 1. The second-order valence-electron chi connectivity index (χ2n) is 2.02. The van der Waals surface area contributed by atoms with Crippen molar-refractivity contribution < 1.29 is 9.90 Å². The zero-order valence-electron chi connectivity index (χ0n) is 5.86. The summed E-state index contributed by atoms with van der Waals surface area (Å²) in [4.78, 5) is 9.00. The van der Waals surface area contributed by atoms with Gasteiger partial charge in [-0.1, -0.05) is 19.6 Å².